The molecule has 1 heterocycles. The van der Waals surface area contributed by atoms with Gasteiger partial charge in [0.25, 0.3) is 5.56 Å². The fraction of sp³-hybridized carbons (Fsp3) is 0.0909. The molecule has 0 spiro atoms. The summed E-state index contributed by atoms with van der Waals surface area (Å²) in [6.07, 6.45) is 9.00. The SMILES string of the molecule is Cn1ccc2c(c1=O)=CC=C=CC=2. The number of fused-ring (bicyclic) bond motifs is 1. The fourth-order valence-corrected chi connectivity index (χ4v) is 1.30. The lowest BCUT2D eigenvalue weighted by Crippen LogP contribution is -2.43. The molecule has 0 unspecified atom stereocenters. The Morgan fingerprint density at radius 2 is 2.08 bits per heavy atom. The van der Waals surface area contributed by atoms with Crippen molar-refractivity contribution in [3.05, 3.63) is 50.9 Å². The lowest BCUT2D eigenvalue weighted by atomic mass is 10.3. The number of hydrogen-bond acceptors (Lipinski definition) is 1. The van der Waals surface area contributed by atoms with E-state index in [1.54, 1.807) is 30.0 Å². The van der Waals surface area contributed by atoms with Gasteiger partial charge in [0.15, 0.2) is 0 Å². The maximum atomic E-state index is 11.6. The summed E-state index contributed by atoms with van der Waals surface area (Å²) in [6.45, 7) is 0. The van der Waals surface area contributed by atoms with E-state index in [0.717, 1.165) is 10.4 Å². The number of allylic oxidation sites excluding steroid dienone is 1. The summed E-state index contributed by atoms with van der Waals surface area (Å²) in [7, 11) is 1.75. The molecule has 0 aliphatic heterocycles. The van der Waals surface area contributed by atoms with Crippen LogP contribution in [0.15, 0.2) is 34.9 Å². The van der Waals surface area contributed by atoms with Crippen molar-refractivity contribution in [2.75, 3.05) is 0 Å². The minimum Gasteiger partial charge on any atom is -0.318 e. The standard InChI is InChI=1S/C11H9NO/c1-12-8-7-9-5-3-2-4-6-10(9)11(12)13/h3-8H,1H3. The second-order valence-electron chi connectivity index (χ2n) is 2.93. The first-order valence-electron chi connectivity index (χ1n) is 4.08. The predicted molar refractivity (Wildman–Crippen MR) is 52.5 cm³/mol. The largest absolute Gasteiger partial charge is 0.318 e. The van der Waals surface area contributed by atoms with Crippen molar-refractivity contribution >= 4 is 12.2 Å². The molecule has 2 heteroatoms. The summed E-state index contributed by atoms with van der Waals surface area (Å²) in [5, 5.41) is 1.68. The van der Waals surface area contributed by atoms with E-state index in [4.69, 9.17) is 0 Å². The van der Waals surface area contributed by atoms with E-state index in [-0.39, 0.29) is 5.56 Å². The van der Waals surface area contributed by atoms with Crippen molar-refractivity contribution in [2.45, 2.75) is 0 Å². The smallest absolute Gasteiger partial charge is 0.258 e. The molecule has 0 saturated heterocycles. The van der Waals surface area contributed by atoms with Crippen LogP contribution in [0.25, 0.3) is 12.2 Å². The molecule has 0 N–H and O–H groups in total. The summed E-state index contributed by atoms with van der Waals surface area (Å²) >= 11 is 0. The molecular formula is C11H9NO. The van der Waals surface area contributed by atoms with Crippen LogP contribution in [0.4, 0.5) is 0 Å². The molecule has 1 aliphatic carbocycles. The highest BCUT2D eigenvalue weighted by atomic mass is 16.1. The monoisotopic (exact) mass is 171 g/mol. The number of aryl methyl sites for hydroxylation is 1. The molecule has 0 fully saturated rings. The molecule has 2 nitrogen and oxygen atoms in total. The van der Waals surface area contributed by atoms with Crippen LogP contribution in [0.1, 0.15) is 0 Å². The topological polar surface area (TPSA) is 22.0 Å². The highest BCUT2D eigenvalue weighted by Crippen LogP contribution is 1.76. The Morgan fingerprint density at radius 3 is 2.92 bits per heavy atom. The van der Waals surface area contributed by atoms with Crippen molar-refractivity contribution in [2.24, 2.45) is 7.05 Å². The Bertz CT molecular complexity index is 569. The molecule has 0 radical (unpaired) electrons. The van der Waals surface area contributed by atoms with Gasteiger partial charge in [-0.05, 0) is 35.6 Å². The third-order valence-electron chi connectivity index (χ3n) is 2.04. The van der Waals surface area contributed by atoms with Crippen LogP contribution in [-0.4, -0.2) is 4.57 Å². The van der Waals surface area contributed by atoms with Gasteiger partial charge >= 0.3 is 0 Å². The van der Waals surface area contributed by atoms with Gasteiger partial charge in [-0.15, -0.1) is 5.73 Å². The van der Waals surface area contributed by atoms with Gasteiger partial charge in [-0.3, -0.25) is 4.79 Å². The number of aromatic nitrogens is 1. The van der Waals surface area contributed by atoms with E-state index in [1.807, 2.05) is 18.2 Å². The van der Waals surface area contributed by atoms with E-state index in [2.05, 4.69) is 5.73 Å². The van der Waals surface area contributed by atoms with Gasteiger partial charge in [0.2, 0.25) is 0 Å². The van der Waals surface area contributed by atoms with Crippen LogP contribution in [-0.2, 0) is 7.05 Å². The van der Waals surface area contributed by atoms with Crippen LogP contribution >= 0.6 is 0 Å². The average molecular weight is 171 g/mol. The highest BCUT2D eigenvalue weighted by molar-refractivity contribution is 5.46. The van der Waals surface area contributed by atoms with E-state index in [1.165, 1.54) is 0 Å². The maximum Gasteiger partial charge on any atom is 0.258 e. The summed E-state index contributed by atoms with van der Waals surface area (Å²) in [4.78, 5) is 11.6. The summed E-state index contributed by atoms with van der Waals surface area (Å²) in [5.74, 6) is 0. The molecule has 0 bridgehead atoms. The predicted octanol–water partition coefficient (Wildman–Crippen LogP) is -0.329. The Morgan fingerprint density at radius 1 is 1.31 bits per heavy atom. The van der Waals surface area contributed by atoms with E-state index >= 15 is 0 Å². The molecule has 0 saturated carbocycles. The van der Waals surface area contributed by atoms with Gasteiger partial charge in [-0.1, -0.05) is 0 Å². The molecule has 0 amide bonds. The Labute approximate surface area is 75.4 Å². The molecule has 0 atom stereocenters. The molecule has 1 aliphatic rings. The van der Waals surface area contributed by atoms with Crippen LogP contribution in [0.5, 0.6) is 0 Å². The van der Waals surface area contributed by atoms with Crippen molar-refractivity contribution in [1.29, 1.82) is 0 Å². The minimum atomic E-state index is 0.0297. The number of nitrogens with zero attached hydrogens (tertiary/aromatic N) is 1. The lowest BCUT2D eigenvalue weighted by Gasteiger charge is -1.94. The first kappa shape index (κ1) is 7.84. The minimum absolute atomic E-state index is 0.0297. The van der Waals surface area contributed by atoms with Crippen molar-refractivity contribution in [1.82, 2.24) is 4.57 Å². The van der Waals surface area contributed by atoms with Gasteiger partial charge in [-0.2, -0.15) is 0 Å². The molecule has 64 valence electrons. The van der Waals surface area contributed by atoms with E-state index < -0.39 is 0 Å². The third-order valence-corrected chi connectivity index (χ3v) is 2.04. The zero-order valence-electron chi connectivity index (χ0n) is 7.32. The average Bonchev–Trinajstić information content (AvgIpc) is 2.36. The molecular weight excluding hydrogens is 162 g/mol. The molecule has 2 rings (SSSR count). The molecule has 1 aromatic heterocycles. The van der Waals surface area contributed by atoms with E-state index in [0.29, 0.717) is 0 Å². The molecule has 13 heavy (non-hydrogen) atoms. The van der Waals surface area contributed by atoms with Crippen LogP contribution in [0.3, 0.4) is 0 Å². The van der Waals surface area contributed by atoms with Gasteiger partial charge < -0.3 is 4.57 Å². The van der Waals surface area contributed by atoms with Gasteiger partial charge in [0, 0.05) is 18.5 Å². The Balaban J connectivity index is 3.04. The third kappa shape index (κ3) is 1.28. The Hall–Kier alpha value is -1.79. The molecule has 1 aromatic rings. The maximum absolute atomic E-state index is 11.6. The Kier molecular flexibility index (Phi) is 1.76. The number of rotatable bonds is 0. The van der Waals surface area contributed by atoms with E-state index in [9.17, 15) is 4.79 Å². The van der Waals surface area contributed by atoms with Crippen molar-refractivity contribution in [3.63, 3.8) is 0 Å². The fourth-order valence-electron chi connectivity index (χ4n) is 1.30. The first-order valence-corrected chi connectivity index (χ1v) is 4.08. The normalized spacial score (nSPS) is 12.7. The second kappa shape index (κ2) is 2.92. The highest BCUT2D eigenvalue weighted by Gasteiger charge is 1.93. The first-order chi connectivity index (χ1) is 6.29. The van der Waals surface area contributed by atoms with Crippen LogP contribution < -0.4 is 16.0 Å². The summed E-state index contributed by atoms with van der Waals surface area (Å²) in [5.41, 5.74) is 2.96. The number of pyridine rings is 1. The van der Waals surface area contributed by atoms with Crippen molar-refractivity contribution in [3.8, 4) is 0 Å². The number of hydrogen-bond donors (Lipinski definition) is 0. The summed E-state index contributed by atoms with van der Waals surface area (Å²) < 4.78 is 1.57. The molecule has 0 aromatic carbocycles. The second-order valence-corrected chi connectivity index (χ2v) is 2.93. The van der Waals surface area contributed by atoms with Gasteiger partial charge in [-0.25, -0.2) is 0 Å². The van der Waals surface area contributed by atoms with Crippen LogP contribution in [0.2, 0.25) is 0 Å². The lowest BCUT2D eigenvalue weighted by molar-refractivity contribution is 0.847. The van der Waals surface area contributed by atoms with Crippen molar-refractivity contribution < 1.29 is 0 Å². The van der Waals surface area contributed by atoms with Gasteiger partial charge in [0.05, 0.1) is 0 Å². The summed E-state index contributed by atoms with van der Waals surface area (Å²) in [6, 6.07) is 1.92. The van der Waals surface area contributed by atoms with Gasteiger partial charge in [0.1, 0.15) is 0 Å². The van der Waals surface area contributed by atoms with Crippen LogP contribution in [0, 0.1) is 0 Å². The zero-order chi connectivity index (χ0) is 9.26. The zero-order valence-corrected chi connectivity index (χ0v) is 7.32. The quantitative estimate of drug-likeness (QED) is 0.490.